The van der Waals surface area contributed by atoms with Crippen LogP contribution in [-0.4, -0.2) is 39.5 Å². The van der Waals surface area contributed by atoms with Crippen molar-refractivity contribution in [1.82, 2.24) is 0 Å². The molecule has 0 fully saturated rings. The highest BCUT2D eigenvalue weighted by Crippen LogP contribution is 2.30. The number of nitrogens with zero attached hydrogens (tertiary/aromatic N) is 1. The van der Waals surface area contributed by atoms with Crippen LogP contribution < -0.4 is 9.64 Å². The topological polar surface area (TPSA) is 74.3 Å². The Morgan fingerprint density at radius 1 is 0.964 bits per heavy atom. The molecule has 0 amide bonds. The second kappa shape index (κ2) is 8.58. The third kappa shape index (κ3) is 3.99. The zero-order valence-corrected chi connectivity index (χ0v) is 15.9. The molecule has 7 nitrogen and oxygen atoms in total. The lowest BCUT2D eigenvalue weighted by molar-refractivity contribution is -0.140. The van der Waals surface area contributed by atoms with Gasteiger partial charge in [0.1, 0.15) is 23.9 Å². The lowest BCUT2D eigenvalue weighted by atomic mass is 10.1. The molecular weight excluding hydrogens is 362 g/mol. The van der Waals surface area contributed by atoms with Gasteiger partial charge in [-0.2, -0.15) is 0 Å². The van der Waals surface area contributed by atoms with E-state index in [1.807, 2.05) is 31.2 Å². The number of hydrogen-bond donors (Lipinski definition) is 0. The average Bonchev–Trinajstić information content (AvgIpc) is 2.74. The van der Waals surface area contributed by atoms with Crippen LogP contribution in [0.4, 0.5) is 5.69 Å². The van der Waals surface area contributed by atoms with Crippen LogP contribution in [0.3, 0.4) is 0 Å². The summed E-state index contributed by atoms with van der Waals surface area (Å²) in [6.07, 6.45) is 0. The summed E-state index contributed by atoms with van der Waals surface area (Å²) >= 11 is 0. The summed E-state index contributed by atoms with van der Waals surface area (Å²) in [6.45, 7) is 2.04. The molecule has 0 saturated heterocycles. The van der Waals surface area contributed by atoms with Crippen molar-refractivity contribution in [3.63, 3.8) is 0 Å². The predicted molar refractivity (Wildman–Crippen MR) is 102 cm³/mol. The van der Waals surface area contributed by atoms with Crippen LogP contribution in [-0.2, 0) is 23.8 Å². The van der Waals surface area contributed by atoms with Crippen LogP contribution in [0.15, 0.2) is 59.8 Å². The Labute approximate surface area is 163 Å². The van der Waals surface area contributed by atoms with Crippen molar-refractivity contribution in [1.29, 1.82) is 0 Å². The quantitative estimate of drug-likeness (QED) is 0.734. The molecular formula is C21H21NO6. The number of rotatable bonds is 5. The van der Waals surface area contributed by atoms with Crippen molar-refractivity contribution in [2.75, 3.05) is 32.5 Å². The largest absolute Gasteiger partial charge is 0.466 e. The molecule has 2 aromatic carbocycles. The Kier molecular flexibility index (Phi) is 5.96. The molecule has 0 aliphatic carbocycles. The van der Waals surface area contributed by atoms with Gasteiger partial charge in [0.25, 0.3) is 0 Å². The van der Waals surface area contributed by atoms with Crippen LogP contribution >= 0.6 is 0 Å². The van der Waals surface area contributed by atoms with E-state index in [0.717, 1.165) is 11.3 Å². The van der Waals surface area contributed by atoms with Gasteiger partial charge in [-0.15, -0.1) is 0 Å². The number of carbonyl (C=O) groups excluding carboxylic acids is 2. The van der Waals surface area contributed by atoms with Gasteiger partial charge in [0.2, 0.25) is 0 Å². The second-order valence-corrected chi connectivity index (χ2v) is 6.08. The van der Waals surface area contributed by atoms with Crippen molar-refractivity contribution >= 4 is 17.6 Å². The fourth-order valence-electron chi connectivity index (χ4n) is 2.84. The minimum absolute atomic E-state index is 0.0257. The van der Waals surface area contributed by atoms with Crippen molar-refractivity contribution in [3.05, 3.63) is 65.4 Å². The fourth-order valence-corrected chi connectivity index (χ4v) is 2.84. The van der Waals surface area contributed by atoms with E-state index in [-0.39, 0.29) is 24.6 Å². The molecule has 0 N–H and O–H groups in total. The van der Waals surface area contributed by atoms with Crippen LogP contribution in [0, 0.1) is 6.92 Å². The van der Waals surface area contributed by atoms with Crippen molar-refractivity contribution < 1.29 is 28.5 Å². The molecule has 0 spiro atoms. The van der Waals surface area contributed by atoms with E-state index in [9.17, 15) is 9.59 Å². The first kappa shape index (κ1) is 19.4. The average molecular weight is 383 g/mol. The fraction of sp³-hybridized carbons (Fsp3) is 0.238. The number of aryl methyl sites for hydroxylation is 1. The molecule has 0 radical (unpaired) electrons. The van der Waals surface area contributed by atoms with E-state index in [2.05, 4.69) is 0 Å². The monoisotopic (exact) mass is 383 g/mol. The maximum absolute atomic E-state index is 12.3. The van der Waals surface area contributed by atoms with E-state index in [1.54, 1.807) is 29.2 Å². The van der Waals surface area contributed by atoms with Gasteiger partial charge >= 0.3 is 11.9 Å². The zero-order valence-electron chi connectivity index (χ0n) is 15.9. The maximum Gasteiger partial charge on any atom is 0.355 e. The van der Waals surface area contributed by atoms with Gasteiger partial charge in [-0.3, -0.25) is 0 Å². The lowest BCUT2D eigenvalue weighted by Gasteiger charge is -2.31. The van der Waals surface area contributed by atoms with Crippen LogP contribution in [0.1, 0.15) is 5.56 Å². The van der Waals surface area contributed by atoms with Gasteiger partial charge in [0.05, 0.1) is 26.4 Å². The molecule has 2 aromatic rings. The summed E-state index contributed by atoms with van der Waals surface area (Å²) in [7, 11) is 2.51. The first-order valence-electron chi connectivity index (χ1n) is 8.63. The summed E-state index contributed by atoms with van der Waals surface area (Å²) < 4.78 is 21.0. The van der Waals surface area contributed by atoms with E-state index in [1.165, 1.54) is 14.2 Å². The van der Waals surface area contributed by atoms with E-state index >= 15 is 0 Å². The number of hydrogen-bond acceptors (Lipinski definition) is 7. The first-order valence-corrected chi connectivity index (χ1v) is 8.63. The standard InChI is InChI=1S/C21H21NO6/c1-14-6-4-5-7-18(14)28-16-10-8-15(9-11-16)22-13-27-12-17(20(23)25-2)19(22)21(24)26-3/h4-11H,12-13H2,1-3H3. The van der Waals surface area contributed by atoms with Crippen LogP contribution in [0.25, 0.3) is 0 Å². The second-order valence-electron chi connectivity index (χ2n) is 6.08. The summed E-state index contributed by atoms with van der Waals surface area (Å²) in [6, 6.07) is 14.8. The highest BCUT2D eigenvalue weighted by atomic mass is 16.5. The molecule has 3 rings (SSSR count). The molecule has 0 aromatic heterocycles. The highest BCUT2D eigenvalue weighted by molar-refractivity contribution is 6.03. The molecule has 0 bridgehead atoms. The SMILES string of the molecule is COC(=O)C1=C(C(=O)OC)N(c2ccc(Oc3ccccc3C)cc2)COC1. The zero-order chi connectivity index (χ0) is 20.1. The molecule has 0 unspecified atom stereocenters. The van der Waals surface area contributed by atoms with E-state index < -0.39 is 11.9 Å². The molecule has 0 saturated carbocycles. The molecule has 1 aliphatic rings. The maximum atomic E-state index is 12.3. The smallest absolute Gasteiger partial charge is 0.355 e. The summed E-state index contributed by atoms with van der Waals surface area (Å²) in [5, 5.41) is 0. The van der Waals surface area contributed by atoms with Crippen molar-refractivity contribution in [2.24, 2.45) is 0 Å². The minimum Gasteiger partial charge on any atom is -0.466 e. The van der Waals surface area contributed by atoms with Gasteiger partial charge in [-0.05, 0) is 42.8 Å². The van der Waals surface area contributed by atoms with Gasteiger partial charge < -0.3 is 23.8 Å². The first-order chi connectivity index (χ1) is 13.5. The molecule has 1 aliphatic heterocycles. The Morgan fingerprint density at radius 3 is 2.29 bits per heavy atom. The predicted octanol–water partition coefficient (Wildman–Crippen LogP) is 3.18. The molecule has 1 heterocycles. The third-order valence-electron chi connectivity index (χ3n) is 4.30. The molecule has 7 heteroatoms. The Bertz CT molecular complexity index is 903. The van der Waals surface area contributed by atoms with Crippen LogP contribution in [0.5, 0.6) is 11.5 Å². The Balaban J connectivity index is 1.90. The minimum atomic E-state index is -0.635. The molecule has 146 valence electrons. The van der Waals surface area contributed by atoms with Gasteiger partial charge in [-0.1, -0.05) is 18.2 Å². The number of anilines is 1. The number of para-hydroxylation sites is 1. The van der Waals surface area contributed by atoms with Crippen molar-refractivity contribution in [3.8, 4) is 11.5 Å². The highest BCUT2D eigenvalue weighted by Gasteiger charge is 2.32. The van der Waals surface area contributed by atoms with E-state index in [0.29, 0.717) is 11.4 Å². The normalized spacial score (nSPS) is 13.9. The number of esters is 2. The number of methoxy groups -OCH3 is 2. The van der Waals surface area contributed by atoms with Crippen LogP contribution in [0.2, 0.25) is 0 Å². The number of ether oxygens (including phenoxy) is 4. The number of benzene rings is 2. The van der Waals surface area contributed by atoms with Gasteiger partial charge in [-0.25, -0.2) is 9.59 Å². The summed E-state index contributed by atoms with van der Waals surface area (Å²) in [5.41, 5.74) is 1.89. The molecule has 0 atom stereocenters. The summed E-state index contributed by atoms with van der Waals surface area (Å²) in [4.78, 5) is 25.9. The lowest BCUT2D eigenvalue weighted by Crippen LogP contribution is -2.38. The Hall–Kier alpha value is -3.32. The third-order valence-corrected chi connectivity index (χ3v) is 4.30. The Morgan fingerprint density at radius 2 is 1.64 bits per heavy atom. The molecule has 28 heavy (non-hydrogen) atoms. The van der Waals surface area contributed by atoms with Gasteiger partial charge in [0.15, 0.2) is 0 Å². The number of carbonyl (C=O) groups is 2. The van der Waals surface area contributed by atoms with Gasteiger partial charge in [0, 0.05) is 5.69 Å². The van der Waals surface area contributed by atoms with E-state index in [4.69, 9.17) is 18.9 Å². The van der Waals surface area contributed by atoms with Crippen molar-refractivity contribution in [2.45, 2.75) is 6.92 Å². The summed E-state index contributed by atoms with van der Waals surface area (Å²) in [5.74, 6) is 0.140.